The molecule has 0 bridgehead atoms. The molecule has 128 valence electrons. The molecule has 3 rings (SSSR count). The lowest BCUT2D eigenvalue weighted by Gasteiger charge is -2.35. The molecule has 24 heavy (non-hydrogen) atoms. The summed E-state index contributed by atoms with van der Waals surface area (Å²) < 4.78 is 1.45. The lowest BCUT2D eigenvalue weighted by atomic mass is 9.96. The topological polar surface area (TPSA) is 58.4 Å². The fourth-order valence-corrected chi connectivity index (χ4v) is 3.34. The fraction of sp³-hybridized carbons (Fsp3) is 0.412. The second-order valence-electron chi connectivity index (χ2n) is 6.19. The number of aryl methyl sites for hydroxylation is 1. The van der Waals surface area contributed by atoms with Crippen molar-refractivity contribution in [3.63, 3.8) is 0 Å². The van der Waals surface area contributed by atoms with Crippen molar-refractivity contribution < 1.29 is 5.11 Å². The van der Waals surface area contributed by atoms with E-state index >= 15 is 0 Å². The molecule has 0 spiro atoms. The summed E-state index contributed by atoms with van der Waals surface area (Å²) in [7, 11) is 0. The Bertz CT molecular complexity index is 822. The Morgan fingerprint density at radius 2 is 2.08 bits per heavy atom. The number of aromatic nitrogens is 2. The molecule has 7 heteroatoms. The standard InChI is InChI=1S/C17H19Cl2N3O2/c1-10-6-7-21(9-14(10)23)15-8-16(24)22(11(2)20-15)13-5-3-4-12(18)17(13)19/h3-5,8,10,14,23H,6-7,9H2,1-2H3/t10-,14+/m0/s1. The molecule has 1 aliphatic rings. The maximum absolute atomic E-state index is 12.6. The van der Waals surface area contributed by atoms with Crippen molar-refractivity contribution in [1.82, 2.24) is 9.55 Å². The summed E-state index contributed by atoms with van der Waals surface area (Å²) in [4.78, 5) is 19.1. The van der Waals surface area contributed by atoms with Gasteiger partial charge >= 0.3 is 0 Å². The van der Waals surface area contributed by atoms with Crippen molar-refractivity contribution in [3.8, 4) is 5.69 Å². The van der Waals surface area contributed by atoms with Gasteiger partial charge in [0.2, 0.25) is 0 Å². The lowest BCUT2D eigenvalue weighted by Crippen LogP contribution is -2.44. The molecule has 0 aliphatic carbocycles. The summed E-state index contributed by atoms with van der Waals surface area (Å²) in [5, 5.41) is 10.8. The molecule has 0 unspecified atom stereocenters. The number of benzene rings is 1. The molecule has 1 aromatic heterocycles. The third-order valence-corrected chi connectivity index (χ3v) is 5.30. The number of rotatable bonds is 2. The van der Waals surface area contributed by atoms with Gasteiger partial charge in [-0.05, 0) is 31.4 Å². The van der Waals surface area contributed by atoms with Crippen LogP contribution in [-0.4, -0.2) is 33.9 Å². The minimum atomic E-state index is -0.411. The SMILES string of the molecule is Cc1nc(N2CC[C@H](C)[C@H](O)C2)cc(=O)n1-c1cccc(Cl)c1Cl. The summed E-state index contributed by atoms with van der Waals surface area (Å²) >= 11 is 12.3. The Morgan fingerprint density at radius 3 is 2.75 bits per heavy atom. The van der Waals surface area contributed by atoms with Gasteiger partial charge in [0.15, 0.2) is 0 Å². The molecule has 1 aromatic carbocycles. The van der Waals surface area contributed by atoms with E-state index in [0.717, 1.165) is 13.0 Å². The number of halogens is 2. The molecule has 1 saturated heterocycles. The van der Waals surface area contributed by atoms with Crippen molar-refractivity contribution >= 4 is 29.0 Å². The number of piperidine rings is 1. The predicted octanol–water partition coefficient (Wildman–Crippen LogP) is 3.05. The van der Waals surface area contributed by atoms with Gasteiger partial charge in [-0.2, -0.15) is 0 Å². The number of β-amino-alcohol motifs (C(OH)–C–C–N with tert-alkyl or cyclic N) is 1. The number of aliphatic hydroxyl groups is 1. The summed E-state index contributed by atoms with van der Waals surface area (Å²) in [5.41, 5.74) is 0.285. The molecular formula is C17H19Cl2N3O2. The van der Waals surface area contributed by atoms with Crippen LogP contribution in [0.2, 0.25) is 10.0 Å². The lowest BCUT2D eigenvalue weighted by molar-refractivity contribution is 0.102. The monoisotopic (exact) mass is 367 g/mol. The number of anilines is 1. The Morgan fingerprint density at radius 1 is 1.33 bits per heavy atom. The quantitative estimate of drug-likeness (QED) is 0.885. The largest absolute Gasteiger partial charge is 0.391 e. The third kappa shape index (κ3) is 3.16. The van der Waals surface area contributed by atoms with Gasteiger partial charge < -0.3 is 10.0 Å². The van der Waals surface area contributed by atoms with E-state index < -0.39 is 6.10 Å². The summed E-state index contributed by atoms with van der Waals surface area (Å²) in [6, 6.07) is 6.63. The van der Waals surface area contributed by atoms with Crippen LogP contribution in [0.4, 0.5) is 5.82 Å². The normalized spacial score (nSPS) is 21.1. The van der Waals surface area contributed by atoms with Gasteiger partial charge in [0, 0.05) is 19.2 Å². The molecule has 5 nitrogen and oxygen atoms in total. The molecule has 2 aromatic rings. The highest BCUT2D eigenvalue weighted by Gasteiger charge is 2.26. The molecular weight excluding hydrogens is 349 g/mol. The maximum atomic E-state index is 12.6. The van der Waals surface area contributed by atoms with E-state index in [1.807, 2.05) is 11.8 Å². The Labute approximate surface area is 150 Å². The van der Waals surface area contributed by atoms with Crippen LogP contribution in [0.15, 0.2) is 29.1 Å². The highest BCUT2D eigenvalue weighted by molar-refractivity contribution is 6.43. The Kier molecular flexibility index (Phi) is 4.85. The van der Waals surface area contributed by atoms with Gasteiger partial charge in [-0.15, -0.1) is 0 Å². The van der Waals surface area contributed by atoms with Crippen molar-refractivity contribution in [2.45, 2.75) is 26.4 Å². The van der Waals surface area contributed by atoms with Crippen molar-refractivity contribution in [1.29, 1.82) is 0 Å². The van der Waals surface area contributed by atoms with Gasteiger partial charge in [-0.25, -0.2) is 4.98 Å². The van der Waals surface area contributed by atoms with Gasteiger partial charge in [0.25, 0.3) is 5.56 Å². The van der Waals surface area contributed by atoms with Crippen LogP contribution in [0, 0.1) is 12.8 Å². The highest BCUT2D eigenvalue weighted by Crippen LogP contribution is 2.28. The zero-order valence-electron chi connectivity index (χ0n) is 13.5. The average molecular weight is 368 g/mol. The second kappa shape index (κ2) is 6.75. The molecule has 1 N–H and O–H groups in total. The summed E-state index contributed by atoms with van der Waals surface area (Å²) in [5.74, 6) is 1.36. The highest BCUT2D eigenvalue weighted by atomic mass is 35.5. The second-order valence-corrected chi connectivity index (χ2v) is 6.97. The van der Waals surface area contributed by atoms with E-state index in [4.69, 9.17) is 23.2 Å². The minimum Gasteiger partial charge on any atom is -0.391 e. The smallest absolute Gasteiger partial charge is 0.260 e. The van der Waals surface area contributed by atoms with E-state index in [2.05, 4.69) is 4.98 Å². The molecule has 0 saturated carbocycles. The van der Waals surface area contributed by atoms with Crippen LogP contribution in [0.1, 0.15) is 19.2 Å². The van der Waals surface area contributed by atoms with Crippen molar-refractivity contribution in [2.24, 2.45) is 5.92 Å². The first-order chi connectivity index (χ1) is 11.4. The van der Waals surface area contributed by atoms with Crippen LogP contribution in [0.25, 0.3) is 5.69 Å². The number of nitrogens with zero attached hydrogens (tertiary/aromatic N) is 3. The van der Waals surface area contributed by atoms with Crippen molar-refractivity contribution in [3.05, 3.63) is 50.5 Å². The van der Waals surface area contributed by atoms with E-state index in [0.29, 0.717) is 33.9 Å². The van der Waals surface area contributed by atoms with E-state index in [1.54, 1.807) is 25.1 Å². The first-order valence-electron chi connectivity index (χ1n) is 7.86. The van der Waals surface area contributed by atoms with E-state index in [-0.39, 0.29) is 11.5 Å². The Hall–Kier alpha value is -1.56. The van der Waals surface area contributed by atoms with Gasteiger partial charge in [0.1, 0.15) is 11.6 Å². The van der Waals surface area contributed by atoms with Crippen LogP contribution in [0.5, 0.6) is 0 Å². The van der Waals surface area contributed by atoms with Gasteiger partial charge in [-0.3, -0.25) is 9.36 Å². The van der Waals surface area contributed by atoms with Gasteiger partial charge in [-0.1, -0.05) is 36.2 Å². The number of aliphatic hydroxyl groups excluding tert-OH is 1. The Balaban J connectivity index is 2.01. The molecule has 0 radical (unpaired) electrons. The minimum absolute atomic E-state index is 0.227. The van der Waals surface area contributed by atoms with Crippen molar-refractivity contribution in [2.75, 3.05) is 18.0 Å². The first kappa shape index (κ1) is 17.3. The first-order valence-corrected chi connectivity index (χ1v) is 8.62. The zero-order chi connectivity index (χ0) is 17.4. The molecule has 2 atom stereocenters. The molecule has 0 amide bonds. The van der Waals surface area contributed by atoms with Crippen LogP contribution in [-0.2, 0) is 0 Å². The van der Waals surface area contributed by atoms with Crippen LogP contribution < -0.4 is 10.5 Å². The number of hydrogen-bond donors (Lipinski definition) is 1. The molecule has 1 aliphatic heterocycles. The molecule has 2 heterocycles. The summed E-state index contributed by atoms with van der Waals surface area (Å²) in [6.07, 6.45) is 0.455. The predicted molar refractivity (Wildman–Crippen MR) is 96.6 cm³/mol. The third-order valence-electron chi connectivity index (χ3n) is 4.49. The van der Waals surface area contributed by atoms with Gasteiger partial charge in [0.05, 0.1) is 21.8 Å². The zero-order valence-corrected chi connectivity index (χ0v) is 15.1. The van der Waals surface area contributed by atoms with Crippen LogP contribution >= 0.6 is 23.2 Å². The summed E-state index contributed by atoms with van der Waals surface area (Å²) in [6.45, 7) is 5.03. The van der Waals surface area contributed by atoms with Crippen LogP contribution in [0.3, 0.4) is 0 Å². The maximum Gasteiger partial charge on any atom is 0.260 e. The van der Waals surface area contributed by atoms with E-state index in [9.17, 15) is 9.90 Å². The average Bonchev–Trinajstić information content (AvgIpc) is 2.53. The fourth-order valence-electron chi connectivity index (χ4n) is 2.96. The molecule has 1 fully saturated rings. The number of hydrogen-bond acceptors (Lipinski definition) is 4. The van der Waals surface area contributed by atoms with E-state index in [1.165, 1.54) is 10.6 Å².